The van der Waals surface area contributed by atoms with Crippen molar-refractivity contribution in [1.29, 1.82) is 0 Å². The second kappa shape index (κ2) is 3.97. The largest absolute Gasteiger partial charge is 0.316 e. The van der Waals surface area contributed by atoms with Gasteiger partial charge in [-0.25, -0.2) is 0 Å². The van der Waals surface area contributed by atoms with Gasteiger partial charge in [-0.05, 0) is 30.3 Å². The van der Waals surface area contributed by atoms with E-state index in [4.69, 9.17) is 0 Å². The van der Waals surface area contributed by atoms with Crippen molar-refractivity contribution in [1.82, 2.24) is 30.5 Å². The van der Waals surface area contributed by atoms with Gasteiger partial charge in [0, 0.05) is 18.7 Å². The van der Waals surface area contributed by atoms with Crippen LogP contribution in [0.25, 0.3) is 5.69 Å². The van der Waals surface area contributed by atoms with E-state index >= 15 is 0 Å². The Labute approximate surface area is 92.7 Å². The minimum atomic E-state index is 0.394. The first-order chi connectivity index (χ1) is 7.93. The van der Waals surface area contributed by atoms with Crippen molar-refractivity contribution in [2.75, 3.05) is 13.1 Å². The van der Waals surface area contributed by atoms with Gasteiger partial charge in [-0.1, -0.05) is 0 Å². The second-order valence-electron chi connectivity index (χ2n) is 3.84. The van der Waals surface area contributed by atoms with E-state index < -0.39 is 0 Å². The summed E-state index contributed by atoms with van der Waals surface area (Å²) in [6.45, 7) is 1.98. The van der Waals surface area contributed by atoms with E-state index in [2.05, 4.69) is 25.7 Å². The molecule has 3 rings (SSSR count). The predicted molar refractivity (Wildman–Crippen MR) is 57.2 cm³/mol. The van der Waals surface area contributed by atoms with E-state index in [9.17, 15) is 0 Å². The highest BCUT2D eigenvalue weighted by atomic mass is 15.6. The van der Waals surface area contributed by atoms with Gasteiger partial charge in [0.2, 0.25) is 0 Å². The molecule has 1 aliphatic heterocycles. The Hall–Kier alpha value is -1.82. The Morgan fingerprint density at radius 3 is 3.19 bits per heavy atom. The first kappa shape index (κ1) is 9.41. The van der Waals surface area contributed by atoms with E-state index in [1.807, 2.05) is 12.1 Å². The van der Waals surface area contributed by atoms with Crippen LogP contribution in [0.5, 0.6) is 0 Å². The van der Waals surface area contributed by atoms with Gasteiger partial charge in [-0.15, -0.1) is 15.0 Å². The Kier molecular flexibility index (Phi) is 2.34. The number of nitrogens with one attached hydrogen (secondary N) is 1. The maximum atomic E-state index is 4.38. The lowest BCUT2D eigenvalue weighted by molar-refractivity contribution is 0.687. The van der Waals surface area contributed by atoms with Crippen LogP contribution in [0.1, 0.15) is 18.2 Å². The zero-order chi connectivity index (χ0) is 10.8. The number of tetrazole rings is 1. The van der Waals surface area contributed by atoms with Crippen molar-refractivity contribution < 1.29 is 0 Å². The molecule has 0 spiro atoms. The summed E-state index contributed by atoms with van der Waals surface area (Å²) in [5, 5.41) is 15.8. The smallest absolute Gasteiger partial charge is 0.179 e. The summed E-state index contributed by atoms with van der Waals surface area (Å²) in [5.41, 5.74) is 0.840. The van der Waals surface area contributed by atoms with Gasteiger partial charge in [-0.3, -0.25) is 4.98 Å². The quantitative estimate of drug-likeness (QED) is 0.773. The van der Waals surface area contributed by atoms with Crippen molar-refractivity contribution in [3.8, 4) is 5.69 Å². The summed E-state index contributed by atoms with van der Waals surface area (Å²) in [6.07, 6.45) is 4.53. The third-order valence-corrected chi connectivity index (χ3v) is 2.73. The van der Waals surface area contributed by atoms with Crippen molar-refractivity contribution in [3.05, 3.63) is 30.4 Å². The van der Waals surface area contributed by atoms with Gasteiger partial charge in [0.1, 0.15) is 5.69 Å². The topological polar surface area (TPSA) is 68.5 Å². The average molecular weight is 216 g/mol. The van der Waals surface area contributed by atoms with Crippen LogP contribution in [0.3, 0.4) is 0 Å². The molecule has 82 valence electrons. The molecular weight excluding hydrogens is 204 g/mol. The standard InChI is InChI=1S/C10H12N6/c1-2-9(7-11-4-1)16-14-10(13-15-16)8-3-5-12-6-8/h1-2,4,7-8,12H,3,5-6H2. The van der Waals surface area contributed by atoms with E-state index in [-0.39, 0.29) is 0 Å². The zero-order valence-electron chi connectivity index (χ0n) is 8.74. The van der Waals surface area contributed by atoms with Crippen molar-refractivity contribution in [2.24, 2.45) is 0 Å². The molecule has 1 atom stereocenters. The lowest BCUT2D eigenvalue weighted by atomic mass is 10.1. The monoisotopic (exact) mass is 216 g/mol. The van der Waals surface area contributed by atoms with Crippen LogP contribution in [0.2, 0.25) is 0 Å². The van der Waals surface area contributed by atoms with Crippen LogP contribution in [-0.4, -0.2) is 38.3 Å². The van der Waals surface area contributed by atoms with Crippen molar-refractivity contribution >= 4 is 0 Å². The molecule has 1 aliphatic rings. The summed E-state index contributed by atoms with van der Waals surface area (Å²) in [6, 6.07) is 3.76. The molecular formula is C10H12N6. The van der Waals surface area contributed by atoms with Crippen LogP contribution in [0.15, 0.2) is 24.5 Å². The van der Waals surface area contributed by atoms with Gasteiger partial charge >= 0.3 is 0 Å². The highest BCUT2D eigenvalue weighted by molar-refractivity contribution is 5.23. The molecule has 1 N–H and O–H groups in total. The van der Waals surface area contributed by atoms with Crippen LogP contribution < -0.4 is 5.32 Å². The number of nitrogens with zero attached hydrogens (tertiary/aromatic N) is 5. The van der Waals surface area contributed by atoms with Crippen LogP contribution in [-0.2, 0) is 0 Å². The van der Waals surface area contributed by atoms with Crippen LogP contribution in [0, 0.1) is 0 Å². The third-order valence-electron chi connectivity index (χ3n) is 2.73. The Morgan fingerprint density at radius 2 is 2.44 bits per heavy atom. The molecule has 2 aromatic heterocycles. The number of hydrogen-bond donors (Lipinski definition) is 1. The van der Waals surface area contributed by atoms with E-state index in [0.717, 1.165) is 31.0 Å². The molecule has 2 aromatic rings. The first-order valence-electron chi connectivity index (χ1n) is 5.34. The lowest BCUT2D eigenvalue weighted by Gasteiger charge is -1.99. The highest BCUT2D eigenvalue weighted by Gasteiger charge is 2.21. The Balaban J connectivity index is 1.87. The molecule has 6 nitrogen and oxygen atoms in total. The molecule has 1 saturated heterocycles. The SMILES string of the molecule is c1cncc(-n2nnc(C3CCNC3)n2)c1. The van der Waals surface area contributed by atoms with Gasteiger partial charge < -0.3 is 5.32 Å². The maximum Gasteiger partial charge on any atom is 0.179 e. The maximum absolute atomic E-state index is 4.38. The average Bonchev–Trinajstić information content (AvgIpc) is 3.01. The summed E-state index contributed by atoms with van der Waals surface area (Å²) < 4.78 is 0. The number of pyridine rings is 1. The summed E-state index contributed by atoms with van der Waals surface area (Å²) in [7, 11) is 0. The molecule has 3 heterocycles. The molecule has 16 heavy (non-hydrogen) atoms. The number of rotatable bonds is 2. The molecule has 0 radical (unpaired) electrons. The zero-order valence-corrected chi connectivity index (χ0v) is 8.74. The molecule has 0 bridgehead atoms. The minimum Gasteiger partial charge on any atom is -0.316 e. The molecule has 0 saturated carbocycles. The van der Waals surface area contributed by atoms with Crippen molar-refractivity contribution in [3.63, 3.8) is 0 Å². The van der Waals surface area contributed by atoms with E-state index in [1.54, 1.807) is 12.4 Å². The normalized spacial score (nSPS) is 20.1. The summed E-state index contributed by atoms with van der Waals surface area (Å²) in [4.78, 5) is 5.56. The van der Waals surface area contributed by atoms with Crippen LogP contribution >= 0.6 is 0 Å². The second-order valence-corrected chi connectivity index (χ2v) is 3.84. The van der Waals surface area contributed by atoms with Crippen LogP contribution in [0.4, 0.5) is 0 Å². The van der Waals surface area contributed by atoms with E-state index in [1.165, 1.54) is 4.80 Å². The molecule has 6 heteroatoms. The summed E-state index contributed by atoms with van der Waals surface area (Å²) >= 11 is 0. The summed E-state index contributed by atoms with van der Waals surface area (Å²) in [5.74, 6) is 1.21. The molecule has 0 amide bonds. The first-order valence-corrected chi connectivity index (χ1v) is 5.34. The van der Waals surface area contributed by atoms with Crippen molar-refractivity contribution in [2.45, 2.75) is 12.3 Å². The van der Waals surface area contributed by atoms with Gasteiger partial charge in [0.25, 0.3) is 0 Å². The third kappa shape index (κ3) is 1.67. The number of aromatic nitrogens is 5. The Bertz CT molecular complexity index is 459. The fraction of sp³-hybridized carbons (Fsp3) is 0.400. The predicted octanol–water partition coefficient (Wildman–Crippen LogP) is 0.134. The fourth-order valence-corrected chi connectivity index (χ4v) is 1.84. The molecule has 0 aromatic carbocycles. The molecule has 1 fully saturated rings. The minimum absolute atomic E-state index is 0.394. The van der Waals surface area contributed by atoms with Gasteiger partial charge in [-0.2, -0.15) is 0 Å². The highest BCUT2D eigenvalue weighted by Crippen LogP contribution is 2.17. The Morgan fingerprint density at radius 1 is 1.44 bits per heavy atom. The number of hydrogen-bond acceptors (Lipinski definition) is 5. The van der Waals surface area contributed by atoms with E-state index in [0.29, 0.717) is 5.92 Å². The fourth-order valence-electron chi connectivity index (χ4n) is 1.84. The molecule has 1 unspecified atom stereocenters. The van der Waals surface area contributed by atoms with Gasteiger partial charge in [0.05, 0.1) is 6.20 Å². The lowest BCUT2D eigenvalue weighted by Crippen LogP contribution is -2.09. The molecule has 0 aliphatic carbocycles. The van der Waals surface area contributed by atoms with Gasteiger partial charge in [0.15, 0.2) is 5.82 Å².